The minimum absolute atomic E-state index is 0.189. The molecule has 7 nitrogen and oxygen atoms in total. The van der Waals surface area contributed by atoms with Crippen LogP contribution < -0.4 is 10.6 Å². The Morgan fingerprint density at radius 3 is 2.89 bits per heavy atom. The zero-order valence-corrected chi connectivity index (χ0v) is 9.88. The number of anilines is 1. The van der Waals surface area contributed by atoms with E-state index >= 15 is 0 Å². The predicted molar refractivity (Wildman–Crippen MR) is 67.8 cm³/mol. The fraction of sp³-hybridized carbons (Fsp3) is 0.0833. The zero-order valence-electron chi connectivity index (χ0n) is 9.88. The largest absolute Gasteiger partial charge is 0.478 e. The summed E-state index contributed by atoms with van der Waals surface area (Å²) in [5, 5.41) is 20.3. The van der Waals surface area contributed by atoms with Gasteiger partial charge in [0.1, 0.15) is 0 Å². The van der Waals surface area contributed by atoms with Crippen molar-refractivity contribution in [3.63, 3.8) is 0 Å². The molecule has 0 saturated carbocycles. The third kappa shape index (κ3) is 3.56. The second kappa shape index (κ2) is 5.67. The van der Waals surface area contributed by atoms with Gasteiger partial charge in [0.15, 0.2) is 0 Å². The van der Waals surface area contributed by atoms with Crippen LogP contribution in [0.15, 0.2) is 36.7 Å². The molecule has 0 aliphatic carbocycles. The summed E-state index contributed by atoms with van der Waals surface area (Å²) in [5.41, 5.74) is 1.45. The van der Waals surface area contributed by atoms with E-state index in [-0.39, 0.29) is 18.1 Å². The fourth-order valence-corrected chi connectivity index (χ4v) is 1.49. The molecular weight excluding hydrogens is 248 g/mol. The number of carbonyl (C=O) groups is 2. The van der Waals surface area contributed by atoms with Gasteiger partial charge in [-0.25, -0.2) is 9.59 Å². The van der Waals surface area contributed by atoms with E-state index in [1.807, 2.05) is 0 Å². The minimum Gasteiger partial charge on any atom is -0.478 e. The number of aromatic amines is 1. The predicted octanol–water partition coefficient (Wildman–Crippen LogP) is 1.43. The van der Waals surface area contributed by atoms with Gasteiger partial charge in [-0.05, 0) is 17.7 Å². The van der Waals surface area contributed by atoms with Gasteiger partial charge in [-0.15, -0.1) is 0 Å². The van der Waals surface area contributed by atoms with Crippen LogP contribution in [0, 0.1) is 0 Å². The molecule has 0 radical (unpaired) electrons. The van der Waals surface area contributed by atoms with Gasteiger partial charge in [0.05, 0.1) is 17.4 Å². The molecule has 2 amide bonds. The van der Waals surface area contributed by atoms with E-state index in [0.717, 1.165) is 0 Å². The molecule has 0 unspecified atom stereocenters. The smallest absolute Gasteiger partial charge is 0.335 e. The molecule has 7 heteroatoms. The lowest BCUT2D eigenvalue weighted by molar-refractivity contribution is 0.0696. The van der Waals surface area contributed by atoms with E-state index in [0.29, 0.717) is 11.3 Å². The summed E-state index contributed by atoms with van der Waals surface area (Å²) in [6.45, 7) is 0.241. The van der Waals surface area contributed by atoms with Crippen molar-refractivity contribution in [3.05, 3.63) is 47.8 Å². The minimum atomic E-state index is -0.996. The van der Waals surface area contributed by atoms with Crippen molar-refractivity contribution >= 4 is 17.7 Å². The maximum Gasteiger partial charge on any atom is 0.335 e. The van der Waals surface area contributed by atoms with Crippen LogP contribution in [0.4, 0.5) is 10.5 Å². The Morgan fingerprint density at radius 1 is 1.37 bits per heavy atom. The average Bonchev–Trinajstić information content (AvgIpc) is 2.89. The van der Waals surface area contributed by atoms with Crippen molar-refractivity contribution in [1.29, 1.82) is 0 Å². The van der Waals surface area contributed by atoms with Crippen molar-refractivity contribution in [2.45, 2.75) is 6.54 Å². The average molecular weight is 260 g/mol. The number of hydrogen-bond acceptors (Lipinski definition) is 3. The highest BCUT2D eigenvalue weighted by Crippen LogP contribution is 2.05. The number of aromatic nitrogens is 2. The van der Waals surface area contributed by atoms with Crippen molar-refractivity contribution < 1.29 is 14.7 Å². The van der Waals surface area contributed by atoms with E-state index in [4.69, 9.17) is 5.11 Å². The molecule has 98 valence electrons. The lowest BCUT2D eigenvalue weighted by Crippen LogP contribution is -2.28. The molecule has 0 aliphatic heterocycles. The fourth-order valence-electron chi connectivity index (χ4n) is 1.49. The Labute approximate surface area is 108 Å². The number of benzene rings is 1. The third-order valence-corrected chi connectivity index (χ3v) is 2.38. The Bertz CT molecular complexity index is 580. The first-order valence-corrected chi connectivity index (χ1v) is 5.51. The van der Waals surface area contributed by atoms with Gasteiger partial charge < -0.3 is 15.7 Å². The molecule has 0 fully saturated rings. The van der Waals surface area contributed by atoms with E-state index in [1.54, 1.807) is 18.3 Å². The molecule has 4 N–H and O–H groups in total. The summed E-state index contributed by atoms with van der Waals surface area (Å²) in [4.78, 5) is 22.3. The van der Waals surface area contributed by atoms with Crippen molar-refractivity contribution in [2.75, 3.05) is 5.32 Å². The first kappa shape index (κ1) is 12.6. The van der Waals surface area contributed by atoms with Gasteiger partial charge in [-0.1, -0.05) is 12.1 Å². The van der Waals surface area contributed by atoms with Crippen LogP contribution in [-0.4, -0.2) is 27.3 Å². The summed E-state index contributed by atoms with van der Waals surface area (Å²) in [6, 6.07) is 6.00. The van der Waals surface area contributed by atoms with E-state index in [1.165, 1.54) is 18.3 Å². The molecule has 0 bridgehead atoms. The maximum atomic E-state index is 11.5. The first-order valence-electron chi connectivity index (χ1n) is 5.51. The summed E-state index contributed by atoms with van der Waals surface area (Å²) in [5.74, 6) is -0.996. The summed E-state index contributed by atoms with van der Waals surface area (Å²) in [6.07, 6.45) is 3.02. The van der Waals surface area contributed by atoms with Gasteiger partial charge in [-0.2, -0.15) is 5.10 Å². The molecule has 0 spiro atoms. The highest BCUT2D eigenvalue weighted by molar-refractivity contribution is 5.89. The van der Waals surface area contributed by atoms with Crippen molar-refractivity contribution in [2.24, 2.45) is 0 Å². The third-order valence-electron chi connectivity index (χ3n) is 2.38. The second-order valence-corrected chi connectivity index (χ2v) is 3.80. The van der Waals surface area contributed by atoms with Crippen LogP contribution in [0.5, 0.6) is 0 Å². The number of H-pyrrole nitrogens is 1. The second-order valence-electron chi connectivity index (χ2n) is 3.80. The Balaban J connectivity index is 1.89. The summed E-state index contributed by atoms with van der Waals surface area (Å²) in [7, 11) is 0. The Kier molecular flexibility index (Phi) is 3.77. The van der Waals surface area contributed by atoms with Gasteiger partial charge in [0, 0.05) is 12.7 Å². The normalized spacial score (nSPS) is 9.89. The number of hydrogen-bond donors (Lipinski definition) is 4. The van der Waals surface area contributed by atoms with Crippen molar-refractivity contribution in [3.8, 4) is 0 Å². The number of aromatic carboxylic acids is 1. The molecular formula is C12H12N4O3. The number of carboxylic acids is 1. The molecule has 2 aromatic rings. The first-order chi connectivity index (χ1) is 9.15. The van der Waals surface area contributed by atoms with Gasteiger partial charge in [-0.3, -0.25) is 5.10 Å². The highest BCUT2D eigenvalue weighted by atomic mass is 16.4. The Hall–Kier alpha value is -2.83. The monoisotopic (exact) mass is 260 g/mol. The van der Waals surface area contributed by atoms with E-state index < -0.39 is 5.97 Å². The van der Waals surface area contributed by atoms with Gasteiger partial charge >= 0.3 is 12.0 Å². The van der Waals surface area contributed by atoms with Crippen molar-refractivity contribution in [1.82, 2.24) is 15.5 Å². The molecule has 2 rings (SSSR count). The quantitative estimate of drug-likeness (QED) is 0.667. The molecule has 1 aromatic carbocycles. The number of amides is 2. The standard InChI is InChI=1S/C12H12N4O3/c17-11(18)9-3-1-2-8(4-9)5-13-12(19)16-10-6-14-15-7-10/h1-4,6-7H,5H2,(H,14,15)(H,17,18)(H2,13,16,19). The Morgan fingerprint density at radius 2 is 2.21 bits per heavy atom. The maximum absolute atomic E-state index is 11.5. The van der Waals surface area contributed by atoms with E-state index in [9.17, 15) is 9.59 Å². The molecule has 0 atom stereocenters. The lowest BCUT2D eigenvalue weighted by atomic mass is 10.1. The number of carbonyl (C=O) groups excluding carboxylic acids is 1. The molecule has 0 aliphatic rings. The van der Waals surface area contributed by atoms with Crippen LogP contribution in [0.2, 0.25) is 0 Å². The molecule has 19 heavy (non-hydrogen) atoms. The molecule has 0 saturated heterocycles. The van der Waals surface area contributed by atoms with Crippen LogP contribution in [0.3, 0.4) is 0 Å². The highest BCUT2D eigenvalue weighted by Gasteiger charge is 2.05. The van der Waals surface area contributed by atoms with Gasteiger partial charge in [0.2, 0.25) is 0 Å². The number of nitrogens with zero attached hydrogens (tertiary/aromatic N) is 1. The zero-order chi connectivity index (χ0) is 13.7. The molecule has 1 heterocycles. The lowest BCUT2D eigenvalue weighted by Gasteiger charge is -2.06. The summed E-state index contributed by atoms with van der Waals surface area (Å²) < 4.78 is 0. The SMILES string of the molecule is O=C(NCc1cccc(C(=O)O)c1)Nc1cn[nH]c1. The van der Waals surface area contributed by atoms with Gasteiger partial charge in [0.25, 0.3) is 0 Å². The number of carboxylic acid groups (broad SMARTS) is 1. The number of nitrogens with one attached hydrogen (secondary N) is 3. The molecule has 1 aromatic heterocycles. The van der Waals surface area contributed by atoms with Crippen LogP contribution in [0.25, 0.3) is 0 Å². The van der Waals surface area contributed by atoms with Crippen LogP contribution in [-0.2, 0) is 6.54 Å². The number of rotatable bonds is 4. The van der Waals surface area contributed by atoms with E-state index in [2.05, 4.69) is 20.8 Å². The summed E-state index contributed by atoms with van der Waals surface area (Å²) >= 11 is 0. The van der Waals surface area contributed by atoms with Crippen LogP contribution >= 0.6 is 0 Å². The number of urea groups is 1. The van der Waals surface area contributed by atoms with Crippen LogP contribution in [0.1, 0.15) is 15.9 Å². The topological polar surface area (TPSA) is 107 Å².